The van der Waals surface area contributed by atoms with Gasteiger partial charge in [-0.25, -0.2) is 0 Å². The average molecular weight is 465 g/mol. The van der Waals surface area contributed by atoms with E-state index in [0.29, 0.717) is 11.8 Å². The molecule has 2 aromatic rings. The van der Waals surface area contributed by atoms with Crippen molar-refractivity contribution >= 4 is 20.2 Å². The molecule has 24 heavy (non-hydrogen) atoms. The molecule has 132 valence electrons. The van der Waals surface area contributed by atoms with Crippen molar-refractivity contribution < 1.29 is 26.8 Å². The molecule has 2 aromatic carbocycles. The summed E-state index contributed by atoms with van der Waals surface area (Å²) in [5.41, 5.74) is 2.32. The first kappa shape index (κ1) is 19.6. The zero-order valence-corrected chi connectivity index (χ0v) is 17.1. The van der Waals surface area contributed by atoms with Crippen LogP contribution in [-0.2, 0) is 2.62 Å². The van der Waals surface area contributed by atoms with Gasteiger partial charge in [0.25, 0.3) is 0 Å². The quantitative estimate of drug-likeness (QED) is 0.615. The Bertz CT molecular complexity index is 597. The van der Waals surface area contributed by atoms with Crippen LogP contribution in [0.2, 0.25) is 0 Å². The van der Waals surface area contributed by atoms with Crippen molar-refractivity contribution in [2.75, 3.05) is 0 Å². The molecule has 0 heterocycles. The maximum absolute atomic E-state index is 11.2. The van der Waals surface area contributed by atoms with E-state index in [9.17, 15) is 14.0 Å². The van der Waals surface area contributed by atoms with Gasteiger partial charge in [-0.2, -0.15) is 0 Å². The molecule has 0 saturated heterocycles. The van der Waals surface area contributed by atoms with Crippen LogP contribution in [0, 0.1) is 17.4 Å². The van der Waals surface area contributed by atoms with Crippen LogP contribution in [0.4, 0.5) is 0 Å². The van der Waals surface area contributed by atoms with E-state index in [0.717, 1.165) is 18.3 Å². The van der Waals surface area contributed by atoms with E-state index < -0.39 is 30.5 Å². The predicted octanol–water partition coefficient (Wildman–Crippen LogP) is 2.31. The van der Waals surface area contributed by atoms with E-state index in [1.807, 2.05) is 48.5 Å². The second-order valence-corrected chi connectivity index (χ2v) is 11.9. The van der Waals surface area contributed by atoms with Crippen LogP contribution in [0.5, 0.6) is 0 Å². The Kier molecular flexibility index (Phi) is 6.64. The molecule has 2 rings (SSSR count). The van der Waals surface area contributed by atoms with Crippen LogP contribution < -0.4 is 14.0 Å². The fraction of sp³-hybridized carbons (Fsp3) is 0.333. The summed E-state index contributed by atoms with van der Waals surface area (Å²) >= 11 is -2.80. The molecule has 0 aromatic heterocycles. The van der Waals surface area contributed by atoms with Gasteiger partial charge in [-0.1, -0.05) is 0 Å². The second-order valence-electron chi connectivity index (χ2n) is 6.10. The van der Waals surface area contributed by atoms with E-state index in [2.05, 4.69) is 27.7 Å². The molecule has 0 fully saturated rings. The van der Waals surface area contributed by atoms with Crippen LogP contribution in [0.15, 0.2) is 48.5 Å². The van der Waals surface area contributed by atoms with Crippen LogP contribution in [-0.4, -0.2) is 0 Å². The molecule has 0 aliphatic rings. The number of hydrogen-bond donors (Lipinski definition) is 0. The first-order valence-corrected chi connectivity index (χ1v) is 12.0. The molecule has 0 aliphatic heterocycles. The SMILES string of the molecule is CC(C)c1ccc(I(O[Cl+3]([O-])([O-])[O-])c2ccc(C(C)C)cc2)cc1. The van der Waals surface area contributed by atoms with Crippen molar-refractivity contribution in [2.45, 2.75) is 39.5 Å². The number of benzene rings is 2. The normalized spacial score (nSPS) is 12.8. The first-order chi connectivity index (χ1) is 11.2. The standard InChI is InChI=1S/C18H22ClIO4/c1-13(2)15-5-9-17(10-6-15)20(24-19(21,22)23)18-11-7-16(8-12-18)14(3)4/h5-14H,1-4H3. The Morgan fingerprint density at radius 3 is 1.29 bits per heavy atom. The molecule has 0 amide bonds. The third-order valence-electron chi connectivity index (χ3n) is 3.60. The van der Waals surface area contributed by atoms with Gasteiger partial charge in [0, 0.05) is 0 Å². The summed E-state index contributed by atoms with van der Waals surface area (Å²) in [5.74, 6) is 0.766. The van der Waals surface area contributed by atoms with Gasteiger partial charge in [0.05, 0.1) is 0 Å². The van der Waals surface area contributed by atoms with Crippen LogP contribution in [0.25, 0.3) is 0 Å². The first-order valence-electron chi connectivity index (χ1n) is 7.68. The fourth-order valence-corrected chi connectivity index (χ4v) is 7.59. The molecule has 0 spiro atoms. The van der Waals surface area contributed by atoms with Gasteiger partial charge in [-0.3, -0.25) is 0 Å². The molecular weight excluding hydrogens is 443 g/mol. The van der Waals surface area contributed by atoms with Crippen molar-refractivity contribution in [3.8, 4) is 0 Å². The number of rotatable bonds is 6. The predicted molar refractivity (Wildman–Crippen MR) is 93.6 cm³/mol. The molecule has 6 heteroatoms. The van der Waals surface area contributed by atoms with Crippen molar-refractivity contribution in [3.05, 3.63) is 66.8 Å². The van der Waals surface area contributed by atoms with Gasteiger partial charge < -0.3 is 0 Å². The second kappa shape index (κ2) is 8.12. The molecular formula is C18H22ClIO4. The molecule has 0 unspecified atom stereocenters. The van der Waals surface area contributed by atoms with Crippen molar-refractivity contribution in [1.82, 2.24) is 0 Å². The molecule has 4 nitrogen and oxygen atoms in total. The Hall–Kier alpha value is -0.700. The molecule has 0 radical (unpaired) electrons. The number of hydrogen-bond acceptors (Lipinski definition) is 4. The summed E-state index contributed by atoms with van der Waals surface area (Å²) in [6, 6.07) is 15.3. The van der Waals surface area contributed by atoms with E-state index >= 15 is 0 Å². The Labute approximate surface area is 153 Å². The van der Waals surface area contributed by atoms with Crippen LogP contribution >= 0.6 is 20.2 Å². The van der Waals surface area contributed by atoms with Crippen LogP contribution in [0.3, 0.4) is 0 Å². The van der Waals surface area contributed by atoms with Gasteiger partial charge in [0.2, 0.25) is 0 Å². The average Bonchev–Trinajstić information content (AvgIpc) is 2.52. The summed E-state index contributed by atoms with van der Waals surface area (Å²) in [6.45, 7) is 8.36. The Balaban J connectivity index is 2.37. The van der Waals surface area contributed by atoms with E-state index in [4.69, 9.17) is 2.62 Å². The van der Waals surface area contributed by atoms with E-state index in [1.54, 1.807) is 0 Å². The maximum atomic E-state index is 11.2. The zero-order valence-electron chi connectivity index (χ0n) is 14.2. The third kappa shape index (κ3) is 5.40. The molecule has 0 atom stereocenters. The molecule has 0 N–H and O–H groups in total. The summed E-state index contributed by atoms with van der Waals surface area (Å²) in [5, 5.41) is 0. The van der Waals surface area contributed by atoms with Gasteiger partial charge >= 0.3 is 153 Å². The Morgan fingerprint density at radius 1 is 0.708 bits per heavy atom. The monoisotopic (exact) mass is 464 g/mol. The van der Waals surface area contributed by atoms with Gasteiger partial charge in [0.1, 0.15) is 0 Å². The topological polar surface area (TPSA) is 78.4 Å². The summed E-state index contributed by atoms with van der Waals surface area (Å²) < 4.78 is 40.0. The van der Waals surface area contributed by atoms with Crippen molar-refractivity contribution in [1.29, 1.82) is 0 Å². The summed E-state index contributed by atoms with van der Waals surface area (Å²) in [4.78, 5) is 0. The van der Waals surface area contributed by atoms with Crippen molar-refractivity contribution in [2.24, 2.45) is 0 Å². The Morgan fingerprint density at radius 2 is 1.04 bits per heavy atom. The van der Waals surface area contributed by atoms with Crippen molar-refractivity contribution in [3.63, 3.8) is 0 Å². The number of halogens is 2. The van der Waals surface area contributed by atoms with E-state index in [-0.39, 0.29) is 0 Å². The van der Waals surface area contributed by atoms with Crippen LogP contribution in [0.1, 0.15) is 50.7 Å². The summed E-state index contributed by atoms with van der Waals surface area (Å²) in [7, 11) is -4.46. The third-order valence-corrected chi connectivity index (χ3v) is 9.78. The van der Waals surface area contributed by atoms with Gasteiger partial charge in [0.15, 0.2) is 0 Å². The molecule has 0 bridgehead atoms. The minimum atomic E-state index is -4.46. The fourth-order valence-electron chi connectivity index (χ4n) is 2.19. The molecule has 0 aliphatic carbocycles. The van der Waals surface area contributed by atoms with E-state index in [1.165, 1.54) is 0 Å². The van der Waals surface area contributed by atoms with Gasteiger partial charge in [-0.15, -0.1) is 0 Å². The molecule has 0 saturated carbocycles. The summed E-state index contributed by atoms with van der Waals surface area (Å²) in [6.07, 6.45) is 0. The zero-order chi connectivity index (χ0) is 17.9. The van der Waals surface area contributed by atoms with Gasteiger partial charge in [-0.05, 0) is 0 Å². The minimum absolute atomic E-state index is 0.383.